The third-order valence-electron chi connectivity index (χ3n) is 4.00. The Hall–Kier alpha value is -3.53. The van der Waals surface area contributed by atoms with Gasteiger partial charge in [-0.15, -0.1) is 0 Å². The molecule has 0 saturated carbocycles. The van der Waals surface area contributed by atoms with Crippen LogP contribution in [0.15, 0.2) is 42.5 Å². The second-order valence-corrected chi connectivity index (χ2v) is 5.71. The lowest BCUT2D eigenvalue weighted by molar-refractivity contribution is 0.140. The van der Waals surface area contributed by atoms with Crippen LogP contribution in [-0.4, -0.2) is 28.7 Å². The summed E-state index contributed by atoms with van der Waals surface area (Å²) in [7, 11) is 0. The zero-order valence-corrected chi connectivity index (χ0v) is 13.3. The molecule has 3 N–H and O–H groups in total. The normalized spacial score (nSPS) is 12.7. The molecule has 126 valence electrons. The lowest BCUT2D eigenvalue weighted by atomic mass is 9.99. The Morgan fingerprint density at radius 1 is 1.08 bits per heavy atom. The summed E-state index contributed by atoms with van der Waals surface area (Å²) in [4.78, 5) is 24.5. The van der Waals surface area contributed by atoms with Gasteiger partial charge in [-0.2, -0.15) is 5.26 Å². The van der Waals surface area contributed by atoms with Crippen molar-refractivity contribution >= 4 is 23.5 Å². The first-order chi connectivity index (χ1) is 12.0. The Bertz CT molecular complexity index is 873. The lowest BCUT2D eigenvalue weighted by Gasteiger charge is -2.26. The van der Waals surface area contributed by atoms with Crippen molar-refractivity contribution in [2.24, 2.45) is 0 Å². The minimum absolute atomic E-state index is 0.359. The van der Waals surface area contributed by atoms with E-state index in [0.29, 0.717) is 36.4 Å². The second kappa shape index (κ2) is 6.93. The predicted molar refractivity (Wildman–Crippen MR) is 92.4 cm³/mol. The van der Waals surface area contributed by atoms with Gasteiger partial charge in [-0.1, -0.05) is 12.1 Å². The number of anilines is 2. The van der Waals surface area contributed by atoms with Gasteiger partial charge in [-0.25, -0.2) is 9.59 Å². The molecule has 1 aliphatic rings. The number of hydrogen-bond donors (Lipinski definition) is 3. The van der Waals surface area contributed by atoms with Gasteiger partial charge in [0.2, 0.25) is 0 Å². The van der Waals surface area contributed by atoms with E-state index in [1.165, 1.54) is 4.90 Å². The zero-order valence-electron chi connectivity index (χ0n) is 13.3. The largest absolute Gasteiger partial charge is 0.465 e. The van der Waals surface area contributed by atoms with Crippen molar-refractivity contribution in [3.8, 4) is 6.07 Å². The summed E-state index contributed by atoms with van der Waals surface area (Å²) in [5.74, 6) is 0. The maximum absolute atomic E-state index is 12.1. The molecule has 3 amide bonds. The Labute approximate surface area is 144 Å². The maximum Gasteiger partial charge on any atom is 0.407 e. The first kappa shape index (κ1) is 16.3. The van der Waals surface area contributed by atoms with E-state index in [4.69, 9.17) is 10.4 Å². The molecule has 0 atom stereocenters. The highest BCUT2D eigenvalue weighted by atomic mass is 16.4. The fourth-order valence-electron chi connectivity index (χ4n) is 2.75. The molecule has 0 bridgehead atoms. The Morgan fingerprint density at radius 2 is 1.84 bits per heavy atom. The van der Waals surface area contributed by atoms with Crippen LogP contribution in [0.5, 0.6) is 0 Å². The van der Waals surface area contributed by atoms with Crippen LogP contribution in [0.3, 0.4) is 0 Å². The average Bonchev–Trinajstić information content (AvgIpc) is 2.61. The molecule has 0 radical (unpaired) electrons. The molecule has 25 heavy (non-hydrogen) atoms. The second-order valence-electron chi connectivity index (χ2n) is 5.71. The number of nitriles is 1. The smallest absolute Gasteiger partial charge is 0.407 e. The van der Waals surface area contributed by atoms with E-state index in [0.717, 1.165) is 11.1 Å². The van der Waals surface area contributed by atoms with Crippen molar-refractivity contribution in [2.45, 2.75) is 13.0 Å². The van der Waals surface area contributed by atoms with Gasteiger partial charge in [0, 0.05) is 24.5 Å². The standard InChI is InChI=1S/C18H16N4O3/c19-10-12-2-1-3-15(8-12)20-17(23)21-16-5-4-14-11-22(18(24)25)7-6-13(14)9-16/h1-5,8-9H,6-7,11H2,(H,24,25)(H2,20,21,23). The first-order valence-electron chi connectivity index (χ1n) is 7.73. The van der Waals surface area contributed by atoms with Gasteiger partial charge in [0.1, 0.15) is 0 Å². The number of rotatable bonds is 2. The summed E-state index contributed by atoms with van der Waals surface area (Å²) >= 11 is 0. The predicted octanol–water partition coefficient (Wildman–Crippen LogP) is 3.24. The van der Waals surface area contributed by atoms with Gasteiger partial charge in [0.15, 0.2) is 0 Å². The SMILES string of the molecule is N#Cc1cccc(NC(=O)Nc2ccc3c(c2)CCN(C(=O)O)C3)c1. The van der Waals surface area contributed by atoms with Gasteiger partial charge in [0.05, 0.1) is 11.6 Å². The van der Waals surface area contributed by atoms with Crippen molar-refractivity contribution in [3.63, 3.8) is 0 Å². The third kappa shape index (κ3) is 3.87. The Kier molecular flexibility index (Phi) is 4.53. The van der Waals surface area contributed by atoms with Gasteiger partial charge in [-0.05, 0) is 47.9 Å². The third-order valence-corrected chi connectivity index (χ3v) is 4.00. The molecular weight excluding hydrogens is 320 g/mol. The highest BCUT2D eigenvalue weighted by molar-refractivity contribution is 5.99. The molecule has 0 fully saturated rings. The van der Waals surface area contributed by atoms with Gasteiger partial charge in [-0.3, -0.25) is 0 Å². The molecule has 2 aromatic rings. The van der Waals surface area contributed by atoms with E-state index in [1.807, 2.05) is 18.2 Å². The van der Waals surface area contributed by atoms with Crippen LogP contribution in [0, 0.1) is 11.3 Å². The van der Waals surface area contributed by atoms with E-state index in [2.05, 4.69) is 10.6 Å². The van der Waals surface area contributed by atoms with Crippen LogP contribution >= 0.6 is 0 Å². The molecular formula is C18H16N4O3. The fraction of sp³-hybridized carbons (Fsp3) is 0.167. The number of benzene rings is 2. The van der Waals surface area contributed by atoms with E-state index in [-0.39, 0.29) is 0 Å². The molecule has 2 aromatic carbocycles. The summed E-state index contributed by atoms with van der Waals surface area (Å²) in [6.07, 6.45) is -0.310. The number of carbonyl (C=O) groups excluding carboxylic acids is 1. The average molecular weight is 336 g/mol. The van der Waals surface area contributed by atoms with Gasteiger partial charge < -0.3 is 20.6 Å². The molecule has 7 heteroatoms. The quantitative estimate of drug-likeness (QED) is 0.783. The minimum atomic E-state index is -0.924. The van der Waals surface area contributed by atoms with E-state index in [9.17, 15) is 9.59 Å². The maximum atomic E-state index is 12.1. The Balaban J connectivity index is 1.66. The zero-order chi connectivity index (χ0) is 17.8. The highest BCUT2D eigenvalue weighted by Crippen LogP contribution is 2.23. The number of hydrogen-bond acceptors (Lipinski definition) is 3. The molecule has 1 heterocycles. The Morgan fingerprint density at radius 3 is 2.56 bits per heavy atom. The number of amides is 3. The van der Waals surface area contributed by atoms with Crippen molar-refractivity contribution < 1.29 is 14.7 Å². The monoisotopic (exact) mass is 336 g/mol. The topological polar surface area (TPSA) is 105 Å². The van der Waals surface area contributed by atoms with Crippen molar-refractivity contribution in [2.75, 3.05) is 17.2 Å². The number of fused-ring (bicyclic) bond motifs is 1. The van der Waals surface area contributed by atoms with Crippen LogP contribution in [0.25, 0.3) is 0 Å². The van der Waals surface area contributed by atoms with E-state index >= 15 is 0 Å². The number of nitrogens with one attached hydrogen (secondary N) is 2. The number of nitrogens with zero attached hydrogens (tertiary/aromatic N) is 2. The van der Waals surface area contributed by atoms with Crippen LogP contribution in [0.2, 0.25) is 0 Å². The molecule has 0 aliphatic carbocycles. The molecule has 3 rings (SSSR count). The van der Waals surface area contributed by atoms with Crippen LogP contribution in [0.4, 0.5) is 21.0 Å². The number of urea groups is 1. The summed E-state index contributed by atoms with van der Waals surface area (Å²) in [5, 5.41) is 23.4. The highest BCUT2D eigenvalue weighted by Gasteiger charge is 2.20. The number of carboxylic acid groups (broad SMARTS) is 1. The van der Waals surface area contributed by atoms with Crippen molar-refractivity contribution in [1.29, 1.82) is 5.26 Å². The van der Waals surface area contributed by atoms with E-state index < -0.39 is 12.1 Å². The van der Waals surface area contributed by atoms with Gasteiger partial charge in [0.25, 0.3) is 0 Å². The summed E-state index contributed by atoms with van der Waals surface area (Å²) < 4.78 is 0. The molecule has 1 aliphatic heterocycles. The molecule has 7 nitrogen and oxygen atoms in total. The molecule has 0 spiro atoms. The van der Waals surface area contributed by atoms with Crippen LogP contribution in [0.1, 0.15) is 16.7 Å². The van der Waals surface area contributed by atoms with Crippen molar-refractivity contribution in [3.05, 3.63) is 59.2 Å². The first-order valence-corrected chi connectivity index (χ1v) is 7.73. The number of carbonyl (C=O) groups is 2. The van der Waals surface area contributed by atoms with Crippen molar-refractivity contribution in [1.82, 2.24) is 4.90 Å². The minimum Gasteiger partial charge on any atom is -0.465 e. The molecule has 0 aromatic heterocycles. The van der Waals surface area contributed by atoms with Gasteiger partial charge >= 0.3 is 12.1 Å². The lowest BCUT2D eigenvalue weighted by Crippen LogP contribution is -2.34. The fourth-order valence-corrected chi connectivity index (χ4v) is 2.75. The summed E-state index contributed by atoms with van der Waals surface area (Å²) in [6.45, 7) is 0.803. The molecule has 0 saturated heterocycles. The van der Waals surface area contributed by atoms with E-state index in [1.54, 1.807) is 30.3 Å². The molecule has 0 unspecified atom stereocenters. The summed E-state index contributed by atoms with van der Waals surface area (Å²) in [5.41, 5.74) is 3.61. The van der Waals surface area contributed by atoms with Crippen LogP contribution < -0.4 is 10.6 Å². The summed E-state index contributed by atoms with van der Waals surface area (Å²) in [6, 6.07) is 13.7. The van der Waals surface area contributed by atoms with Crippen LogP contribution in [-0.2, 0) is 13.0 Å².